The quantitative estimate of drug-likeness (QED) is 0.799. The Morgan fingerprint density at radius 1 is 1.45 bits per heavy atom. The molecule has 1 aliphatic heterocycles. The molecule has 1 aromatic rings. The Labute approximate surface area is 120 Å². The van der Waals surface area contributed by atoms with Gasteiger partial charge in [0.25, 0.3) is 0 Å². The fraction of sp³-hybridized carbons (Fsp3) is 0.750. The highest BCUT2D eigenvalue weighted by atomic mass is 32.2. The summed E-state index contributed by atoms with van der Waals surface area (Å²) in [5, 5.41) is 6.70. The van der Waals surface area contributed by atoms with Gasteiger partial charge in [0.2, 0.25) is 10.0 Å². The Balaban J connectivity index is 2.35. The topological polar surface area (TPSA) is 95.3 Å². The van der Waals surface area contributed by atoms with E-state index in [0.717, 1.165) is 0 Å². The maximum Gasteiger partial charge on any atom is 0.246 e. The largest absolute Gasteiger partial charge is 0.325 e. The van der Waals surface area contributed by atoms with E-state index in [1.54, 1.807) is 11.2 Å². The van der Waals surface area contributed by atoms with Crippen molar-refractivity contribution in [3.63, 3.8) is 0 Å². The van der Waals surface area contributed by atoms with E-state index in [-0.39, 0.29) is 17.5 Å². The third kappa shape index (κ3) is 2.48. The lowest BCUT2D eigenvalue weighted by atomic mass is 10.1. The summed E-state index contributed by atoms with van der Waals surface area (Å²) in [6.45, 7) is 4.93. The van der Waals surface area contributed by atoms with Gasteiger partial charge in [-0.2, -0.15) is 9.40 Å². The molecule has 0 amide bonds. The van der Waals surface area contributed by atoms with Crippen molar-refractivity contribution in [1.82, 2.24) is 19.4 Å². The second-order valence-corrected chi connectivity index (χ2v) is 7.53. The van der Waals surface area contributed by atoms with Crippen LogP contribution in [0.25, 0.3) is 0 Å². The van der Waals surface area contributed by atoms with E-state index in [0.29, 0.717) is 30.4 Å². The smallest absolute Gasteiger partial charge is 0.246 e. The van der Waals surface area contributed by atoms with Gasteiger partial charge in [-0.25, -0.2) is 8.42 Å². The van der Waals surface area contributed by atoms with Crippen LogP contribution >= 0.6 is 0 Å². The van der Waals surface area contributed by atoms with Crippen molar-refractivity contribution in [2.75, 3.05) is 27.2 Å². The molecule has 0 spiro atoms. The fourth-order valence-corrected chi connectivity index (χ4v) is 4.75. The number of aromatic nitrogens is 2. The van der Waals surface area contributed by atoms with Gasteiger partial charge in [0.1, 0.15) is 4.90 Å². The molecule has 1 fully saturated rings. The zero-order valence-electron chi connectivity index (χ0n) is 12.4. The molecule has 2 rings (SSSR count). The minimum absolute atomic E-state index is 0.111. The van der Waals surface area contributed by atoms with E-state index in [1.165, 1.54) is 0 Å². The summed E-state index contributed by atoms with van der Waals surface area (Å²) >= 11 is 0. The number of sulfonamides is 1. The normalized spacial score (nSPS) is 24.7. The highest BCUT2D eigenvalue weighted by Crippen LogP contribution is 2.28. The molecule has 0 saturated carbocycles. The van der Waals surface area contributed by atoms with E-state index >= 15 is 0 Å². The Morgan fingerprint density at radius 2 is 2.10 bits per heavy atom. The molecule has 0 radical (unpaired) electrons. The molecule has 2 atom stereocenters. The Kier molecular flexibility index (Phi) is 4.19. The van der Waals surface area contributed by atoms with Crippen LogP contribution in [0.5, 0.6) is 0 Å². The average Bonchev–Trinajstić information content (AvgIpc) is 2.92. The van der Waals surface area contributed by atoms with Gasteiger partial charge in [-0.3, -0.25) is 5.10 Å². The van der Waals surface area contributed by atoms with Gasteiger partial charge < -0.3 is 10.6 Å². The van der Waals surface area contributed by atoms with Crippen LogP contribution in [0.1, 0.15) is 18.3 Å². The lowest BCUT2D eigenvalue weighted by Crippen LogP contribution is -2.36. The molecule has 7 nitrogen and oxygen atoms in total. The minimum Gasteiger partial charge on any atom is -0.325 e. The molecule has 0 aliphatic carbocycles. The number of nitrogens with one attached hydrogen (secondary N) is 1. The first-order chi connectivity index (χ1) is 9.28. The number of nitrogens with zero attached hydrogens (tertiary/aromatic N) is 3. The summed E-state index contributed by atoms with van der Waals surface area (Å²) < 4.78 is 27.1. The van der Waals surface area contributed by atoms with E-state index in [1.807, 2.05) is 14.1 Å². The molecule has 1 aromatic heterocycles. The maximum atomic E-state index is 12.8. The van der Waals surface area contributed by atoms with E-state index in [4.69, 9.17) is 5.73 Å². The zero-order valence-corrected chi connectivity index (χ0v) is 13.2. The van der Waals surface area contributed by atoms with Crippen molar-refractivity contribution in [3.05, 3.63) is 11.4 Å². The molecule has 2 unspecified atom stereocenters. The van der Waals surface area contributed by atoms with Gasteiger partial charge in [-0.05, 0) is 26.9 Å². The van der Waals surface area contributed by atoms with Gasteiger partial charge in [0.05, 0.1) is 11.4 Å². The molecule has 3 N–H and O–H groups in total. The predicted octanol–water partition coefficient (Wildman–Crippen LogP) is -0.253. The van der Waals surface area contributed by atoms with Crippen LogP contribution in [0.4, 0.5) is 0 Å². The van der Waals surface area contributed by atoms with Gasteiger partial charge in [0, 0.05) is 25.7 Å². The molecule has 114 valence electrons. The van der Waals surface area contributed by atoms with E-state index in [2.05, 4.69) is 22.0 Å². The fourth-order valence-electron chi connectivity index (χ4n) is 2.85. The maximum absolute atomic E-state index is 12.8. The highest BCUT2D eigenvalue weighted by Gasteiger charge is 2.40. The number of aromatic amines is 1. The van der Waals surface area contributed by atoms with Gasteiger partial charge >= 0.3 is 0 Å². The van der Waals surface area contributed by atoms with Crippen LogP contribution in [-0.2, 0) is 16.6 Å². The summed E-state index contributed by atoms with van der Waals surface area (Å²) in [5.41, 5.74) is 6.54. The first-order valence-corrected chi connectivity index (χ1v) is 8.13. The van der Waals surface area contributed by atoms with Crippen molar-refractivity contribution < 1.29 is 8.42 Å². The van der Waals surface area contributed by atoms with E-state index < -0.39 is 10.0 Å². The summed E-state index contributed by atoms with van der Waals surface area (Å²) in [6, 6.07) is 0.235. The van der Waals surface area contributed by atoms with Gasteiger partial charge in [0.15, 0.2) is 0 Å². The molecular formula is C12H23N5O2S. The van der Waals surface area contributed by atoms with Gasteiger partial charge in [-0.1, -0.05) is 6.92 Å². The minimum atomic E-state index is -3.54. The van der Waals surface area contributed by atoms with Crippen LogP contribution < -0.4 is 5.73 Å². The second-order valence-electron chi connectivity index (χ2n) is 5.66. The number of hydrogen-bond acceptors (Lipinski definition) is 5. The Hall–Kier alpha value is -0.960. The molecule has 1 aliphatic rings. The van der Waals surface area contributed by atoms with Crippen molar-refractivity contribution in [3.8, 4) is 0 Å². The monoisotopic (exact) mass is 301 g/mol. The van der Waals surface area contributed by atoms with Gasteiger partial charge in [-0.15, -0.1) is 0 Å². The predicted molar refractivity (Wildman–Crippen MR) is 76.6 cm³/mol. The van der Waals surface area contributed by atoms with Crippen molar-refractivity contribution in [2.24, 2.45) is 11.7 Å². The summed E-state index contributed by atoms with van der Waals surface area (Å²) in [7, 11) is 0.421. The van der Waals surface area contributed by atoms with Crippen LogP contribution in [0, 0.1) is 12.8 Å². The number of likely N-dealkylation sites (N-methyl/N-ethyl adjacent to an activating group) is 1. The lowest BCUT2D eigenvalue weighted by Gasteiger charge is -2.22. The number of H-pyrrole nitrogens is 1. The van der Waals surface area contributed by atoms with Crippen molar-refractivity contribution in [2.45, 2.75) is 31.3 Å². The van der Waals surface area contributed by atoms with Crippen LogP contribution in [-0.4, -0.2) is 61.0 Å². The first kappa shape index (κ1) is 15.4. The molecule has 0 bridgehead atoms. The molecule has 2 heterocycles. The van der Waals surface area contributed by atoms with Crippen LogP contribution in [0.15, 0.2) is 4.90 Å². The van der Waals surface area contributed by atoms with Crippen molar-refractivity contribution in [1.29, 1.82) is 0 Å². The lowest BCUT2D eigenvalue weighted by molar-refractivity contribution is 0.263. The summed E-state index contributed by atoms with van der Waals surface area (Å²) in [4.78, 5) is 2.32. The first-order valence-electron chi connectivity index (χ1n) is 6.69. The number of aryl methyl sites for hydroxylation is 1. The second kappa shape index (κ2) is 5.44. The van der Waals surface area contributed by atoms with Crippen LogP contribution in [0.2, 0.25) is 0 Å². The molecular weight excluding hydrogens is 278 g/mol. The number of nitrogens with two attached hydrogens (primary N) is 1. The molecule has 8 heteroatoms. The van der Waals surface area contributed by atoms with Crippen molar-refractivity contribution >= 4 is 10.0 Å². The summed E-state index contributed by atoms with van der Waals surface area (Å²) in [6.07, 6.45) is 0. The van der Waals surface area contributed by atoms with E-state index in [9.17, 15) is 8.42 Å². The summed E-state index contributed by atoms with van der Waals surface area (Å²) in [5.74, 6) is 0.299. The third-order valence-corrected chi connectivity index (χ3v) is 5.99. The standard InChI is InChI=1S/C12H23N5O2S/c1-8-6-17(7-11(8)16(3)4)20(18,19)12-9(2)14-15-10(12)5-13/h8,11H,5-7,13H2,1-4H3,(H,14,15). The Bertz CT molecular complexity index is 581. The number of rotatable bonds is 4. The molecule has 0 aromatic carbocycles. The third-order valence-electron chi connectivity index (χ3n) is 3.95. The number of hydrogen-bond donors (Lipinski definition) is 2. The SMILES string of the molecule is Cc1[nH]nc(CN)c1S(=O)(=O)N1CC(C)C(N(C)C)C1. The van der Waals surface area contributed by atoms with Crippen LogP contribution in [0.3, 0.4) is 0 Å². The molecule has 20 heavy (non-hydrogen) atoms. The highest BCUT2D eigenvalue weighted by molar-refractivity contribution is 7.89. The molecule has 1 saturated heterocycles. The average molecular weight is 301 g/mol. The Morgan fingerprint density at radius 3 is 2.60 bits per heavy atom. The zero-order chi connectivity index (χ0) is 15.1.